The highest BCUT2D eigenvalue weighted by molar-refractivity contribution is 7.09. The minimum Gasteiger partial charge on any atom is -0.465 e. The Balaban J connectivity index is 1.72. The number of benzene rings is 2. The van der Waals surface area contributed by atoms with Crippen LogP contribution in [0.25, 0.3) is 0 Å². The van der Waals surface area contributed by atoms with Crippen LogP contribution in [0.1, 0.15) is 63.9 Å². The van der Waals surface area contributed by atoms with E-state index in [2.05, 4.69) is 4.98 Å². The van der Waals surface area contributed by atoms with Crippen molar-refractivity contribution in [3.63, 3.8) is 0 Å². The molecule has 230 valence electrons. The van der Waals surface area contributed by atoms with Gasteiger partial charge in [-0.1, -0.05) is 24.3 Å². The number of esters is 2. The van der Waals surface area contributed by atoms with Gasteiger partial charge in [0, 0.05) is 32.4 Å². The zero-order chi connectivity index (χ0) is 31.4. The van der Waals surface area contributed by atoms with Crippen LogP contribution in [-0.2, 0) is 38.6 Å². The molecule has 0 aliphatic rings. The number of carbonyl (C=O) groups is 4. The summed E-state index contributed by atoms with van der Waals surface area (Å²) >= 11 is 1.39. The molecular formula is C31H37N3O8S. The maximum atomic E-state index is 13.1. The summed E-state index contributed by atoms with van der Waals surface area (Å²) in [5.41, 5.74) is 3.35. The van der Waals surface area contributed by atoms with Gasteiger partial charge in [-0.2, -0.15) is 0 Å². The third-order valence-electron chi connectivity index (χ3n) is 6.08. The van der Waals surface area contributed by atoms with Crippen LogP contribution in [0.3, 0.4) is 0 Å². The fraction of sp³-hybridized carbons (Fsp3) is 0.387. The molecule has 11 nitrogen and oxygen atoms in total. The van der Waals surface area contributed by atoms with E-state index in [0.29, 0.717) is 17.5 Å². The topological polar surface area (TPSA) is 125 Å². The predicted octanol–water partition coefficient (Wildman–Crippen LogP) is 5.68. The van der Waals surface area contributed by atoms with Crippen LogP contribution in [0.2, 0.25) is 0 Å². The fourth-order valence-corrected chi connectivity index (χ4v) is 4.46. The lowest BCUT2D eigenvalue weighted by molar-refractivity contribution is 0.0225. The SMILES string of the molecule is COC(=O)c1ccc(CN(CCCN(Cc2ccc(C(=O)OC)cc2)C(=O)OC(C)(C)C)C(=O)OCc2cncs2)cc1. The molecule has 1 aromatic heterocycles. The molecule has 0 N–H and O–H groups in total. The monoisotopic (exact) mass is 611 g/mol. The van der Waals surface area contributed by atoms with E-state index >= 15 is 0 Å². The van der Waals surface area contributed by atoms with Crippen molar-refractivity contribution < 1.29 is 38.1 Å². The molecule has 3 aromatic rings. The lowest BCUT2D eigenvalue weighted by Crippen LogP contribution is -2.39. The van der Waals surface area contributed by atoms with E-state index in [4.69, 9.17) is 18.9 Å². The van der Waals surface area contributed by atoms with Crippen LogP contribution in [0, 0.1) is 0 Å². The van der Waals surface area contributed by atoms with E-state index in [1.807, 2.05) is 0 Å². The summed E-state index contributed by atoms with van der Waals surface area (Å²) in [6.45, 7) is 6.49. The van der Waals surface area contributed by atoms with E-state index in [1.54, 1.807) is 90.8 Å². The number of amides is 2. The molecule has 0 saturated carbocycles. The molecule has 0 fully saturated rings. The van der Waals surface area contributed by atoms with Crippen molar-refractivity contribution in [2.45, 2.75) is 52.5 Å². The van der Waals surface area contributed by atoms with Crippen molar-refractivity contribution in [1.29, 1.82) is 0 Å². The quantitative estimate of drug-likeness (QED) is 0.188. The minimum absolute atomic E-state index is 0.0902. The summed E-state index contributed by atoms with van der Waals surface area (Å²) in [6.07, 6.45) is 1.05. The standard InChI is InChI=1S/C31H37N3O8S/c1-31(2,3)42-30(38)34(19-23-9-13-25(14-10-23)28(36)40-5)16-6-15-33(29(37)41-20-26-17-32-21-43-26)18-22-7-11-24(12-8-22)27(35)39-4/h7-14,17,21H,6,15-16,18-20H2,1-5H3. The Morgan fingerprint density at radius 2 is 1.26 bits per heavy atom. The highest BCUT2D eigenvalue weighted by Crippen LogP contribution is 2.16. The molecule has 0 aliphatic carbocycles. The third kappa shape index (κ3) is 10.7. The summed E-state index contributed by atoms with van der Waals surface area (Å²) in [5, 5.41) is 0. The van der Waals surface area contributed by atoms with Crippen LogP contribution in [-0.4, -0.2) is 71.8 Å². The van der Waals surface area contributed by atoms with Gasteiger partial charge in [-0.3, -0.25) is 4.98 Å². The van der Waals surface area contributed by atoms with Gasteiger partial charge in [0.05, 0.1) is 35.7 Å². The maximum absolute atomic E-state index is 13.1. The summed E-state index contributed by atoms with van der Waals surface area (Å²) in [4.78, 5) is 57.8. The number of hydrogen-bond acceptors (Lipinski definition) is 10. The largest absolute Gasteiger partial charge is 0.465 e. The third-order valence-corrected chi connectivity index (χ3v) is 6.84. The van der Waals surface area contributed by atoms with Crippen molar-refractivity contribution in [3.8, 4) is 0 Å². The van der Waals surface area contributed by atoms with Crippen LogP contribution in [0.15, 0.2) is 60.2 Å². The van der Waals surface area contributed by atoms with Crippen LogP contribution < -0.4 is 0 Å². The van der Waals surface area contributed by atoms with Gasteiger partial charge in [0.15, 0.2) is 0 Å². The van der Waals surface area contributed by atoms with Crippen LogP contribution in [0.5, 0.6) is 0 Å². The number of rotatable bonds is 12. The van der Waals surface area contributed by atoms with Gasteiger partial charge in [-0.25, -0.2) is 19.2 Å². The highest BCUT2D eigenvalue weighted by atomic mass is 32.1. The smallest absolute Gasteiger partial charge is 0.410 e. The normalized spacial score (nSPS) is 10.9. The molecule has 0 unspecified atom stereocenters. The van der Waals surface area contributed by atoms with Gasteiger partial charge >= 0.3 is 24.1 Å². The van der Waals surface area contributed by atoms with E-state index in [0.717, 1.165) is 16.0 Å². The molecule has 2 aromatic carbocycles. The van der Waals surface area contributed by atoms with Gasteiger partial charge in [0.2, 0.25) is 0 Å². The molecule has 1 heterocycles. The van der Waals surface area contributed by atoms with E-state index in [-0.39, 0.29) is 32.8 Å². The first-order chi connectivity index (χ1) is 20.5. The molecule has 0 bridgehead atoms. The molecule has 0 radical (unpaired) electrons. The maximum Gasteiger partial charge on any atom is 0.410 e. The Morgan fingerprint density at radius 1 is 0.767 bits per heavy atom. The van der Waals surface area contributed by atoms with E-state index in [1.165, 1.54) is 25.6 Å². The molecule has 3 rings (SSSR count). The molecule has 12 heteroatoms. The second-order valence-corrected chi connectivity index (χ2v) is 11.5. The lowest BCUT2D eigenvalue weighted by Gasteiger charge is -2.29. The van der Waals surface area contributed by atoms with Gasteiger partial charge in [0.1, 0.15) is 12.2 Å². The van der Waals surface area contributed by atoms with Gasteiger partial charge in [-0.15, -0.1) is 11.3 Å². The van der Waals surface area contributed by atoms with Crippen molar-refractivity contribution in [2.24, 2.45) is 0 Å². The zero-order valence-electron chi connectivity index (χ0n) is 25.0. The minimum atomic E-state index is -0.701. The summed E-state index contributed by atoms with van der Waals surface area (Å²) in [5.74, 6) is -0.896. The van der Waals surface area contributed by atoms with E-state index in [9.17, 15) is 19.2 Å². The van der Waals surface area contributed by atoms with E-state index < -0.39 is 29.7 Å². The molecule has 0 spiro atoms. The van der Waals surface area contributed by atoms with Crippen molar-refractivity contribution >= 4 is 35.5 Å². The molecule has 2 amide bonds. The van der Waals surface area contributed by atoms with Crippen LogP contribution >= 0.6 is 11.3 Å². The summed E-state index contributed by atoms with van der Waals surface area (Å²) in [7, 11) is 2.63. The number of carbonyl (C=O) groups excluding carboxylic acids is 4. The zero-order valence-corrected chi connectivity index (χ0v) is 25.8. The Morgan fingerprint density at radius 3 is 1.67 bits per heavy atom. The molecule has 0 saturated heterocycles. The van der Waals surface area contributed by atoms with Crippen molar-refractivity contribution in [3.05, 3.63) is 87.4 Å². The number of nitrogens with zero attached hydrogens (tertiary/aromatic N) is 3. The highest BCUT2D eigenvalue weighted by Gasteiger charge is 2.24. The van der Waals surface area contributed by atoms with Crippen molar-refractivity contribution in [1.82, 2.24) is 14.8 Å². The molecule has 0 atom stereocenters. The lowest BCUT2D eigenvalue weighted by atomic mass is 10.1. The fourth-order valence-electron chi connectivity index (χ4n) is 3.96. The van der Waals surface area contributed by atoms with Gasteiger partial charge in [-0.05, 0) is 62.6 Å². The average Bonchev–Trinajstić information content (AvgIpc) is 3.51. The first-order valence-electron chi connectivity index (χ1n) is 13.6. The number of thiazole rings is 1. The summed E-state index contributed by atoms with van der Waals surface area (Å²) < 4.78 is 20.7. The number of ether oxygens (including phenoxy) is 4. The Hall–Kier alpha value is -4.45. The second-order valence-electron chi connectivity index (χ2n) is 10.6. The van der Waals surface area contributed by atoms with Crippen LogP contribution in [0.4, 0.5) is 9.59 Å². The Bertz CT molecular complexity index is 1350. The first-order valence-corrected chi connectivity index (χ1v) is 14.5. The summed E-state index contributed by atoms with van der Waals surface area (Å²) in [6, 6.07) is 13.6. The second kappa shape index (κ2) is 15.7. The molecular weight excluding hydrogens is 574 g/mol. The predicted molar refractivity (Wildman–Crippen MR) is 160 cm³/mol. The molecule has 43 heavy (non-hydrogen) atoms. The van der Waals surface area contributed by atoms with Gasteiger partial charge < -0.3 is 28.7 Å². The Kier molecular flexibility index (Phi) is 12.1. The number of aromatic nitrogens is 1. The average molecular weight is 612 g/mol. The molecule has 0 aliphatic heterocycles. The van der Waals surface area contributed by atoms with Crippen molar-refractivity contribution in [2.75, 3.05) is 27.3 Å². The van der Waals surface area contributed by atoms with Gasteiger partial charge in [0.25, 0.3) is 0 Å². The number of methoxy groups -OCH3 is 2. The Labute approximate surface area is 255 Å². The first kappa shape index (κ1) is 33.1. The number of hydrogen-bond donors (Lipinski definition) is 0.